The third-order valence-corrected chi connectivity index (χ3v) is 5.74. The van der Waals surface area contributed by atoms with E-state index in [-0.39, 0.29) is 0 Å². The number of rotatable bonds is 0. The highest BCUT2D eigenvalue weighted by molar-refractivity contribution is 6.27. The fourth-order valence-corrected chi connectivity index (χ4v) is 4.79. The topological polar surface area (TPSA) is 17.1 Å². The lowest BCUT2D eigenvalue weighted by molar-refractivity contribution is -0.118. The molecule has 2 unspecified atom stereocenters. The molecule has 2 aromatic rings. The molecule has 1 fully saturated rings. The van der Waals surface area contributed by atoms with Gasteiger partial charge in [0.2, 0.25) is 0 Å². The maximum Gasteiger partial charge on any atom is 0.167 e. The van der Waals surface area contributed by atoms with Gasteiger partial charge in [-0.1, -0.05) is 48.7 Å². The number of allylic oxidation sites excluding steroid dienone is 2. The van der Waals surface area contributed by atoms with E-state index in [1.54, 1.807) is 0 Å². The van der Waals surface area contributed by atoms with E-state index in [2.05, 4.69) is 36.4 Å². The van der Waals surface area contributed by atoms with Gasteiger partial charge in [0.15, 0.2) is 5.78 Å². The highest BCUT2D eigenvalue weighted by Gasteiger charge is 2.45. The maximum atomic E-state index is 12.9. The van der Waals surface area contributed by atoms with Crippen LogP contribution in [0.25, 0.3) is 16.3 Å². The van der Waals surface area contributed by atoms with Gasteiger partial charge in [-0.25, -0.2) is 0 Å². The van der Waals surface area contributed by atoms with Gasteiger partial charge in [0, 0.05) is 11.5 Å². The molecule has 3 aliphatic carbocycles. The summed E-state index contributed by atoms with van der Waals surface area (Å²) >= 11 is 0. The molecule has 0 saturated heterocycles. The molecule has 2 aromatic carbocycles. The van der Waals surface area contributed by atoms with Crippen molar-refractivity contribution in [2.75, 3.05) is 0 Å². The molecular weight excluding hydrogens is 256 g/mol. The van der Waals surface area contributed by atoms with Gasteiger partial charge < -0.3 is 0 Å². The average Bonchev–Trinajstić information content (AvgIpc) is 3.02. The summed E-state index contributed by atoms with van der Waals surface area (Å²) in [4.78, 5) is 12.9. The van der Waals surface area contributed by atoms with Gasteiger partial charge in [-0.2, -0.15) is 0 Å². The van der Waals surface area contributed by atoms with Crippen molar-refractivity contribution in [2.24, 2.45) is 11.8 Å². The summed E-state index contributed by atoms with van der Waals surface area (Å²) in [6.45, 7) is 0. The summed E-state index contributed by atoms with van der Waals surface area (Å²) in [5.74, 6) is 1.31. The lowest BCUT2D eigenvalue weighted by Crippen LogP contribution is -2.23. The zero-order chi connectivity index (χ0) is 14.0. The Morgan fingerprint density at radius 1 is 0.905 bits per heavy atom. The molecule has 0 aromatic heterocycles. The summed E-state index contributed by atoms with van der Waals surface area (Å²) in [6.07, 6.45) is 5.88. The van der Waals surface area contributed by atoms with Crippen LogP contribution in [0.15, 0.2) is 42.0 Å². The maximum absolute atomic E-state index is 12.9. The fourth-order valence-electron chi connectivity index (χ4n) is 4.79. The molecule has 0 amide bonds. The predicted octanol–water partition coefficient (Wildman–Crippen LogP) is 4.54. The molecule has 3 aliphatic rings. The second-order valence-corrected chi connectivity index (χ2v) is 6.80. The average molecular weight is 274 g/mol. The largest absolute Gasteiger partial charge is 0.294 e. The number of Topliss-reactive ketones (excluding diaryl/α,β-unsaturated/α-hetero) is 1. The van der Waals surface area contributed by atoms with E-state index in [0.29, 0.717) is 17.6 Å². The second kappa shape index (κ2) is 4.07. The molecule has 5 rings (SSSR count). The van der Waals surface area contributed by atoms with E-state index < -0.39 is 0 Å². The summed E-state index contributed by atoms with van der Waals surface area (Å²) in [5.41, 5.74) is 5.18. The van der Waals surface area contributed by atoms with Crippen molar-refractivity contribution < 1.29 is 4.79 Å². The number of carbonyl (C=O) groups is 1. The summed E-state index contributed by atoms with van der Waals surface area (Å²) in [5, 5.41) is 2.55. The minimum atomic E-state index is 0.309. The van der Waals surface area contributed by atoms with Crippen LogP contribution >= 0.6 is 0 Å². The third-order valence-electron chi connectivity index (χ3n) is 5.74. The van der Waals surface area contributed by atoms with Crippen LogP contribution in [-0.2, 0) is 11.2 Å². The van der Waals surface area contributed by atoms with Crippen LogP contribution in [-0.4, -0.2) is 5.78 Å². The van der Waals surface area contributed by atoms with Crippen LogP contribution in [0.3, 0.4) is 0 Å². The fraction of sp³-hybridized carbons (Fsp3) is 0.350. The van der Waals surface area contributed by atoms with Gasteiger partial charge in [0.25, 0.3) is 0 Å². The van der Waals surface area contributed by atoms with Crippen LogP contribution in [0.4, 0.5) is 0 Å². The predicted molar refractivity (Wildman–Crippen MR) is 85.0 cm³/mol. The Morgan fingerprint density at radius 2 is 1.62 bits per heavy atom. The molecule has 21 heavy (non-hydrogen) atoms. The second-order valence-electron chi connectivity index (χ2n) is 6.80. The summed E-state index contributed by atoms with van der Waals surface area (Å²) < 4.78 is 0. The zero-order valence-electron chi connectivity index (χ0n) is 12.1. The van der Waals surface area contributed by atoms with Gasteiger partial charge >= 0.3 is 0 Å². The Labute approximate surface area is 124 Å². The first-order chi connectivity index (χ1) is 10.3. The van der Waals surface area contributed by atoms with Crippen molar-refractivity contribution in [1.29, 1.82) is 0 Å². The van der Waals surface area contributed by atoms with Crippen LogP contribution < -0.4 is 0 Å². The van der Waals surface area contributed by atoms with Crippen LogP contribution in [0.1, 0.15) is 36.8 Å². The molecule has 0 spiro atoms. The number of hydrogen-bond donors (Lipinski definition) is 0. The molecule has 1 saturated carbocycles. The minimum absolute atomic E-state index is 0.309. The number of ketones is 1. The van der Waals surface area contributed by atoms with Crippen molar-refractivity contribution in [3.05, 3.63) is 53.1 Å². The lowest BCUT2D eigenvalue weighted by Gasteiger charge is -2.26. The summed E-state index contributed by atoms with van der Waals surface area (Å²) in [6, 6.07) is 13.0. The van der Waals surface area contributed by atoms with Crippen LogP contribution in [0.2, 0.25) is 0 Å². The number of hydrogen-bond acceptors (Lipinski definition) is 1. The molecule has 0 radical (unpaired) electrons. The van der Waals surface area contributed by atoms with E-state index >= 15 is 0 Å². The smallest absolute Gasteiger partial charge is 0.167 e. The Hall–Kier alpha value is -1.89. The van der Waals surface area contributed by atoms with Crippen molar-refractivity contribution in [3.8, 4) is 0 Å². The van der Waals surface area contributed by atoms with Gasteiger partial charge in [0.1, 0.15) is 0 Å². The number of fused-ring (bicyclic) bond motifs is 5. The summed E-state index contributed by atoms with van der Waals surface area (Å²) in [7, 11) is 0. The Morgan fingerprint density at radius 3 is 2.43 bits per heavy atom. The van der Waals surface area contributed by atoms with E-state index in [9.17, 15) is 4.79 Å². The molecule has 2 atom stereocenters. The van der Waals surface area contributed by atoms with Gasteiger partial charge in [0.05, 0.1) is 0 Å². The zero-order valence-corrected chi connectivity index (χ0v) is 12.1. The highest BCUT2D eigenvalue weighted by atomic mass is 16.1. The third kappa shape index (κ3) is 1.49. The van der Waals surface area contributed by atoms with Crippen molar-refractivity contribution in [1.82, 2.24) is 0 Å². The molecular formula is C20H18O. The normalized spacial score (nSPS) is 27.0. The van der Waals surface area contributed by atoms with Crippen molar-refractivity contribution >= 4 is 22.1 Å². The first-order valence-electron chi connectivity index (χ1n) is 8.12. The Bertz CT molecular complexity index is 812. The van der Waals surface area contributed by atoms with Crippen molar-refractivity contribution in [3.63, 3.8) is 0 Å². The van der Waals surface area contributed by atoms with Crippen LogP contribution in [0, 0.1) is 11.8 Å². The molecule has 1 heteroatoms. The molecule has 1 nitrogen and oxygen atoms in total. The van der Waals surface area contributed by atoms with E-state index in [1.807, 2.05) is 0 Å². The lowest BCUT2D eigenvalue weighted by atomic mass is 9.77. The standard InChI is InChI=1S/C20H18O/c21-20-16-8-4-3-7-15(16)18-11-14-9-12-5-1-2-6-13(12)10-17(14)19(18)20/h1-2,5-6,9-10,15-16H,3-4,7-8,11H2. The molecule has 0 aliphatic heterocycles. The quantitative estimate of drug-likeness (QED) is 0.689. The number of benzene rings is 2. The van der Waals surface area contributed by atoms with E-state index in [0.717, 1.165) is 18.4 Å². The first kappa shape index (κ1) is 11.7. The van der Waals surface area contributed by atoms with E-state index in [1.165, 1.54) is 46.7 Å². The molecule has 0 heterocycles. The SMILES string of the molecule is O=C1C2=C(Cc3cc4ccccc4cc32)C2CCCCC12. The molecule has 0 N–H and O–H groups in total. The highest BCUT2D eigenvalue weighted by Crippen LogP contribution is 2.52. The van der Waals surface area contributed by atoms with Gasteiger partial charge in [-0.3, -0.25) is 4.79 Å². The first-order valence-corrected chi connectivity index (χ1v) is 8.12. The van der Waals surface area contributed by atoms with Crippen LogP contribution in [0.5, 0.6) is 0 Å². The van der Waals surface area contributed by atoms with Gasteiger partial charge in [-0.05, 0) is 53.1 Å². The molecule has 104 valence electrons. The Balaban J connectivity index is 1.70. The number of carbonyl (C=O) groups excluding carboxylic acids is 1. The van der Waals surface area contributed by atoms with Gasteiger partial charge in [-0.15, -0.1) is 0 Å². The monoisotopic (exact) mass is 274 g/mol. The minimum Gasteiger partial charge on any atom is -0.294 e. The molecule has 0 bridgehead atoms. The van der Waals surface area contributed by atoms with E-state index in [4.69, 9.17) is 0 Å². The van der Waals surface area contributed by atoms with Crippen molar-refractivity contribution in [2.45, 2.75) is 32.1 Å². The Kier molecular flexibility index (Phi) is 2.27.